The van der Waals surface area contributed by atoms with Crippen molar-refractivity contribution in [2.75, 3.05) is 0 Å². The first kappa shape index (κ1) is 12.2. The summed E-state index contributed by atoms with van der Waals surface area (Å²) in [6.45, 7) is 8.17. The molecule has 0 radical (unpaired) electrons. The van der Waals surface area contributed by atoms with E-state index in [1.165, 1.54) is 0 Å². The maximum Gasteiger partial charge on any atom is 0.511 e. The van der Waals surface area contributed by atoms with E-state index in [4.69, 9.17) is 4.65 Å². The molecule has 15 heavy (non-hydrogen) atoms. The second-order valence-electron chi connectivity index (χ2n) is 4.75. The van der Waals surface area contributed by atoms with Gasteiger partial charge in [-0.15, -0.1) is 0 Å². The highest BCUT2D eigenvalue weighted by Gasteiger charge is 2.27. The maximum absolute atomic E-state index is 9.77. The van der Waals surface area contributed by atoms with Gasteiger partial charge in [0.15, 0.2) is 0 Å². The Morgan fingerprint density at radius 2 is 2.07 bits per heavy atom. The van der Waals surface area contributed by atoms with E-state index in [0.29, 0.717) is 5.59 Å². The summed E-state index contributed by atoms with van der Waals surface area (Å²) in [5.41, 5.74) is 0.559. The third-order valence-electron chi connectivity index (χ3n) is 2.49. The standard InChI is InChI=1S/C11H18BNO2/c1-9(11(2,3)4)15-12(14)10-7-5-6-8-13-10/h5-9,14H,1-4H3. The molecule has 82 valence electrons. The van der Waals surface area contributed by atoms with Gasteiger partial charge in [0.25, 0.3) is 0 Å². The first-order valence-electron chi connectivity index (χ1n) is 5.15. The van der Waals surface area contributed by atoms with Gasteiger partial charge in [0, 0.05) is 12.3 Å². The van der Waals surface area contributed by atoms with Crippen LogP contribution in [0.2, 0.25) is 0 Å². The predicted octanol–water partition coefficient (Wildman–Crippen LogP) is 1.22. The normalized spacial score (nSPS) is 13.7. The van der Waals surface area contributed by atoms with E-state index in [1.807, 2.05) is 19.1 Å². The highest BCUT2D eigenvalue weighted by atomic mass is 16.5. The lowest BCUT2D eigenvalue weighted by Gasteiger charge is -2.28. The quantitative estimate of drug-likeness (QED) is 0.757. The molecule has 1 unspecified atom stereocenters. The molecule has 1 aromatic rings. The molecule has 0 aliphatic heterocycles. The molecule has 0 aromatic carbocycles. The zero-order valence-electron chi connectivity index (χ0n) is 9.77. The van der Waals surface area contributed by atoms with Gasteiger partial charge in [0.1, 0.15) is 0 Å². The molecule has 1 aromatic heterocycles. The lowest BCUT2D eigenvalue weighted by atomic mass is 9.81. The average molecular weight is 207 g/mol. The Labute approximate surface area is 91.6 Å². The topological polar surface area (TPSA) is 42.4 Å². The summed E-state index contributed by atoms with van der Waals surface area (Å²) < 4.78 is 5.49. The van der Waals surface area contributed by atoms with Crippen molar-refractivity contribution in [2.45, 2.75) is 33.8 Å². The van der Waals surface area contributed by atoms with Crippen molar-refractivity contribution in [2.24, 2.45) is 5.41 Å². The SMILES string of the molecule is CC(OB(O)c1ccccn1)C(C)(C)C. The molecule has 1 N–H and O–H groups in total. The Morgan fingerprint density at radius 3 is 2.53 bits per heavy atom. The van der Waals surface area contributed by atoms with Crippen molar-refractivity contribution < 1.29 is 9.68 Å². The van der Waals surface area contributed by atoms with Gasteiger partial charge in [0.05, 0.1) is 5.59 Å². The Kier molecular flexibility index (Phi) is 3.88. The zero-order valence-corrected chi connectivity index (χ0v) is 9.77. The fourth-order valence-electron chi connectivity index (χ4n) is 0.989. The van der Waals surface area contributed by atoms with E-state index in [2.05, 4.69) is 25.8 Å². The second-order valence-corrected chi connectivity index (χ2v) is 4.75. The van der Waals surface area contributed by atoms with E-state index in [0.717, 1.165) is 0 Å². The smallest absolute Gasteiger partial charge is 0.422 e. The molecular formula is C11H18BNO2. The number of rotatable bonds is 3. The second kappa shape index (κ2) is 4.77. The number of aromatic nitrogens is 1. The van der Waals surface area contributed by atoms with Crippen LogP contribution < -0.4 is 5.59 Å². The molecule has 4 heteroatoms. The first-order valence-corrected chi connectivity index (χ1v) is 5.15. The number of nitrogens with zero attached hydrogens (tertiary/aromatic N) is 1. The predicted molar refractivity (Wildman–Crippen MR) is 61.8 cm³/mol. The van der Waals surface area contributed by atoms with Crippen LogP contribution >= 0.6 is 0 Å². The average Bonchev–Trinajstić information content (AvgIpc) is 2.17. The van der Waals surface area contributed by atoms with Gasteiger partial charge in [-0.3, -0.25) is 4.98 Å². The molecule has 0 fully saturated rings. The molecule has 0 saturated heterocycles. The third-order valence-corrected chi connectivity index (χ3v) is 2.49. The third kappa shape index (κ3) is 3.65. The van der Waals surface area contributed by atoms with Crippen molar-refractivity contribution in [3.8, 4) is 0 Å². The van der Waals surface area contributed by atoms with Gasteiger partial charge in [0.2, 0.25) is 0 Å². The summed E-state index contributed by atoms with van der Waals surface area (Å²) in [6.07, 6.45) is 1.61. The lowest BCUT2D eigenvalue weighted by Crippen LogP contribution is -2.42. The Bertz CT molecular complexity index is 297. The van der Waals surface area contributed by atoms with Gasteiger partial charge in [-0.2, -0.15) is 0 Å². The van der Waals surface area contributed by atoms with Crippen molar-refractivity contribution in [3.05, 3.63) is 24.4 Å². The van der Waals surface area contributed by atoms with Gasteiger partial charge < -0.3 is 9.68 Å². The summed E-state index contributed by atoms with van der Waals surface area (Å²) in [6, 6.07) is 5.39. The maximum atomic E-state index is 9.77. The molecular weight excluding hydrogens is 189 g/mol. The van der Waals surface area contributed by atoms with E-state index in [-0.39, 0.29) is 11.5 Å². The Hall–Kier alpha value is -0.865. The minimum absolute atomic E-state index is 0.00968. The number of hydrogen-bond acceptors (Lipinski definition) is 3. The fourth-order valence-corrected chi connectivity index (χ4v) is 0.989. The summed E-state index contributed by atoms with van der Waals surface area (Å²) in [7, 11) is -0.944. The van der Waals surface area contributed by atoms with E-state index in [9.17, 15) is 5.02 Å². The fraction of sp³-hybridized carbons (Fsp3) is 0.545. The summed E-state index contributed by atoms with van der Waals surface area (Å²) in [4.78, 5) is 4.04. The summed E-state index contributed by atoms with van der Waals surface area (Å²) >= 11 is 0. The van der Waals surface area contributed by atoms with Gasteiger partial charge >= 0.3 is 7.12 Å². The monoisotopic (exact) mass is 207 g/mol. The highest BCUT2D eigenvalue weighted by molar-refractivity contribution is 6.58. The van der Waals surface area contributed by atoms with Crippen LogP contribution in [0.5, 0.6) is 0 Å². The molecule has 0 aliphatic rings. The summed E-state index contributed by atoms with van der Waals surface area (Å²) in [5.74, 6) is 0. The van der Waals surface area contributed by atoms with E-state index < -0.39 is 7.12 Å². The molecule has 1 atom stereocenters. The molecule has 0 aliphatic carbocycles. The minimum Gasteiger partial charge on any atom is -0.422 e. The van der Waals surface area contributed by atoms with Crippen LogP contribution in [0, 0.1) is 5.41 Å². The van der Waals surface area contributed by atoms with E-state index in [1.54, 1.807) is 12.3 Å². The van der Waals surface area contributed by atoms with Crippen molar-refractivity contribution in [1.29, 1.82) is 0 Å². The van der Waals surface area contributed by atoms with Crippen LogP contribution in [0.1, 0.15) is 27.7 Å². The molecule has 0 spiro atoms. The van der Waals surface area contributed by atoms with Gasteiger partial charge in [-0.25, -0.2) is 0 Å². The van der Waals surface area contributed by atoms with Crippen LogP contribution in [0.25, 0.3) is 0 Å². The Morgan fingerprint density at radius 1 is 1.40 bits per heavy atom. The number of hydrogen-bond donors (Lipinski definition) is 1. The largest absolute Gasteiger partial charge is 0.511 e. The Balaban J connectivity index is 2.61. The van der Waals surface area contributed by atoms with E-state index >= 15 is 0 Å². The minimum atomic E-state index is -0.944. The van der Waals surface area contributed by atoms with Crippen LogP contribution in [-0.2, 0) is 4.65 Å². The van der Waals surface area contributed by atoms with Crippen molar-refractivity contribution in [1.82, 2.24) is 4.98 Å². The molecule has 1 rings (SSSR count). The van der Waals surface area contributed by atoms with Crippen LogP contribution in [0.3, 0.4) is 0 Å². The van der Waals surface area contributed by atoms with Gasteiger partial charge in [-0.1, -0.05) is 26.8 Å². The lowest BCUT2D eigenvalue weighted by molar-refractivity contribution is 0.0856. The first-order chi connectivity index (χ1) is 6.91. The zero-order chi connectivity index (χ0) is 11.5. The molecule has 0 bridgehead atoms. The van der Waals surface area contributed by atoms with Crippen LogP contribution in [-0.4, -0.2) is 23.2 Å². The van der Waals surface area contributed by atoms with Crippen molar-refractivity contribution >= 4 is 12.7 Å². The van der Waals surface area contributed by atoms with Crippen LogP contribution in [0.4, 0.5) is 0 Å². The summed E-state index contributed by atoms with van der Waals surface area (Å²) in [5, 5.41) is 9.77. The molecule has 0 saturated carbocycles. The highest BCUT2D eigenvalue weighted by Crippen LogP contribution is 2.21. The van der Waals surface area contributed by atoms with Crippen LogP contribution in [0.15, 0.2) is 24.4 Å². The number of pyridine rings is 1. The van der Waals surface area contributed by atoms with Crippen molar-refractivity contribution in [3.63, 3.8) is 0 Å². The van der Waals surface area contributed by atoms with Gasteiger partial charge in [-0.05, 0) is 24.5 Å². The molecule has 1 heterocycles. The molecule has 0 amide bonds. The molecule has 3 nitrogen and oxygen atoms in total.